The van der Waals surface area contributed by atoms with Crippen LogP contribution in [0.5, 0.6) is 0 Å². The van der Waals surface area contributed by atoms with E-state index in [1.807, 2.05) is 83.8 Å². The number of nitrogens with one attached hydrogen (secondary N) is 2. The van der Waals surface area contributed by atoms with E-state index in [1.165, 1.54) is 14.2 Å². The molecule has 66 heavy (non-hydrogen) atoms. The molecule has 9 atom stereocenters. The number of nitrogens with zero attached hydrogens (tertiary/aromatic N) is 3. The summed E-state index contributed by atoms with van der Waals surface area (Å²) in [6.45, 7) is 21.0. The van der Waals surface area contributed by atoms with Gasteiger partial charge in [0.25, 0.3) is 0 Å². The summed E-state index contributed by atoms with van der Waals surface area (Å²) >= 11 is 0. The number of esters is 1. The van der Waals surface area contributed by atoms with Gasteiger partial charge in [-0.2, -0.15) is 0 Å². The summed E-state index contributed by atoms with van der Waals surface area (Å²) in [6.07, 6.45) is 0.492. The van der Waals surface area contributed by atoms with E-state index in [1.54, 1.807) is 51.7 Å². The topological polar surface area (TPSA) is 182 Å². The summed E-state index contributed by atoms with van der Waals surface area (Å²) in [5.74, 6) is -2.92. The van der Waals surface area contributed by atoms with Gasteiger partial charge in [0.1, 0.15) is 11.6 Å². The normalized spacial score (nSPS) is 17.9. The molecule has 0 saturated carbocycles. The lowest BCUT2D eigenvalue weighted by atomic mass is 9.83. The SMILES string of the molecule is CC[C@H](C)[C@@H]([C@@H](CC(=O)N1CCC[C@H]1[C@H](OC)[C@@H](C)C(=O)N[C@@H](Cc1ccccc1)C(=O)OC)OC)N(C)C(=O)[C@@H](CC(=O)[C@H](C(C)C)N(C)CCOCCNC(=O)OC(C)(C)C)C(C)C. The lowest BCUT2D eigenvalue weighted by Gasteiger charge is -2.41. The number of Topliss-reactive ketones (excluding diaryl/α,β-unsaturated/α-hetero) is 1. The van der Waals surface area contributed by atoms with Crippen LogP contribution in [0.15, 0.2) is 30.3 Å². The fourth-order valence-corrected chi connectivity index (χ4v) is 9.12. The fraction of sp³-hybridized carbons (Fsp3) is 0.760. The molecular formula is C50H85N5O11. The molecule has 1 aliphatic heterocycles. The molecule has 0 aromatic heterocycles. The van der Waals surface area contributed by atoms with Crippen molar-refractivity contribution < 1.29 is 52.5 Å². The number of carbonyl (C=O) groups is 6. The summed E-state index contributed by atoms with van der Waals surface area (Å²) < 4.78 is 28.1. The van der Waals surface area contributed by atoms with E-state index >= 15 is 0 Å². The van der Waals surface area contributed by atoms with Gasteiger partial charge in [0.05, 0.1) is 63.0 Å². The number of hydrogen-bond acceptors (Lipinski definition) is 12. The van der Waals surface area contributed by atoms with Crippen LogP contribution < -0.4 is 10.6 Å². The number of likely N-dealkylation sites (tertiary alicyclic amines) is 1. The lowest BCUT2D eigenvalue weighted by molar-refractivity contribution is -0.150. The first kappa shape index (κ1) is 58.0. The number of rotatable bonds is 28. The predicted molar refractivity (Wildman–Crippen MR) is 254 cm³/mol. The standard InChI is InChI=1S/C50H85N5O11/c1-16-34(6)44(54(12)47(59)37(32(2)3)30-40(56)43(33(4)5)53(11)26-28-65-27-24-51-49(61)66-50(8,9)10)41(62-13)31-42(57)55-25-20-23-39(55)45(63-14)35(7)46(58)52-38(48(60)64-15)29-36-21-18-17-19-22-36/h17-19,21-22,32-35,37-39,41,43-45H,16,20,23-31H2,1-15H3,(H,51,61)(H,52,58)/t34-,35+,37-,38-,39-,41+,43-,44-,45+/m0/s1. The summed E-state index contributed by atoms with van der Waals surface area (Å²) in [5.41, 5.74) is 0.275. The van der Waals surface area contributed by atoms with Gasteiger partial charge in [-0.05, 0) is 64.0 Å². The third-order valence-corrected chi connectivity index (χ3v) is 12.8. The summed E-state index contributed by atoms with van der Waals surface area (Å²) in [6, 6.07) is 7.11. The van der Waals surface area contributed by atoms with Gasteiger partial charge in [0.2, 0.25) is 17.7 Å². The number of alkyl carbamates (subject to hydrolysis) is 1. The molecule has 0 unspecified atom stereocenters. The lowest BCUT2D eigenvalue weighted by Crippen LogP contribution is -2.55. The monoisotopic (exact) mass is 932 g/mol. The molecule has 1 heterocycles. The second kappa shape index (κ2) is 28.3. The zero-order valence-electron chi connectivity index (χ0n) is 42.8. The molecule has 0 spiro atoms. The average molecular weight is 932 g/mol. The van der Waals surface area contributed by atoms with Crippen molar-refractivity contribution in [2.24, 2.45) is 29.6 Å². The maximum Gasteiger partial charge on any atom is 0.407 e. The number of amides is 4. The van der Waals surface area contributed by atoms with Crippen LogP contribution in [0.25, 0.3) is 0 Å². The van der Waals surface area contributed by atoms with E-state index in [2.05, 4.69) is 10.6 Å². The molecule has 1 aromatic carbocycles. The second-order valence-corrected chi connectivity index (χ2v) is 19.6. The number of methoxy groups -OCH3 is 3. The Morgan fingerprint density at radius 2 is 1.53 bits per heavy atom. The molecule has 1 aromatic rings. The summed E-state index contributed by atoms with van der Waals surface area (Å²) in [7, 11) is 7.99. The molecule has 1 aliphatic rings. The fourth-order valence-electron chi connectivity index (χ4n) is 9.12. The molecule has 16 nitrogen and oxygen atoms in total. The molecule has 0 radical (unpaired) electrons. The molecule has 4 amide bonds. The van der Waals surface area contributed by atoms with Gasteiger partial charge < -0.3 is 44.1 Å². The van der Waals surface area contributed by atoms with Crippen LogP contribution in [0.3, 0.4) is 0 Å². The van der Waals surface area contributed by atoms with Gasteiger partial charge in [-0.1, -0.05) is 85.2 Å². The van der Waals surface area contributed by atoms with Crippen LogP contribution in [-0.4, -0.2) is 161 Å². The van der Waals surface area contributed by atoms with Crippen molar-refractivity contribution in [3.8, 4) is 0 Å². The van der Waals surface area contributed by atoms with Gasteiger partial charge in [-0.25, -0.2) is 9.59 Å². The molecule has 2 N–H and O–H groups in total. The Morgan fingerprint density at radius 1 is 0.879 bits per heavy atom. The van der Waals surface area contributed by atoms with Gasteiger partial charge in [-0.3, -0.25) is 24.1 Å². The summed E-state index contributed by atoms with van der Waals surface area (Å²) in [5, 5.41) is 5.54. The quantitative estimate of drug-likeness (QED) is 0.0793. The van der Waals surface area contributed by atoms with Crippen molar-refractivity contribution in [3.05, 3.63) is 35.9 Å². The number of carbonyl (C=O) groups excluding carboxylic acids is 6. The third kappa shape index (κ3) is 17.8. The van der Waals surface area contributed by atoms with Crippen LogP contribution >= 0.6 is 0 Å². The molecule has 1 saturated heterocycles. The van der Waals surface area contributed by atoms with Gasteiger partial charge >= 0.3 is 12.1 Å². The third-order valence-electron chi connectivity index (χ3n) is 12.8. The van der Waals surface area contributed by atoms with Crippen LogP contribution in [-0.2, 0) is 54.1 Å². The highest BCUT2D eigenvalue weighted by atomic mass is 16.6. The zero-order chi connectivity index (χ0) is 49.9. The van der Waals surface area contributed by atoms with E-state index < -0.39 is 65.9 Å². The Balaban J connectivity index is 2.19. The minimum Gasteiger partial charge on any atom is -0.467 e. The van der Waals surface area contributed by atoms with E-state index in [0.29, 0.717) is 39.0 Å². The van der Waals surface area contributed by atoms with Crippen molar-refractivity contribution in [1.29, 1.82) is 0 Å². The Labute approximate surface area is 395 Å². The maximum absolute atomic E-state index is 14.6. The van der Waals surface area contributed by atoms with E-state index in [4.69, 9.17) is 23.7 Å². The second-order valence-electron chi connectivity index (χ2n) is 19.6. The van der Waals surface area contributed by atoms with E-state index in [-0.39, 0.29) is 73.7 Å². The number of likely N-dealkylation sites (N-methyl/N-ethyl adjacent to an activating group) is 2. The van der Waals surface area contributed by atoms with Gasteiger partial charge in [0.15, 0.2) is 5.78 Å². The first-order valence-electron chi connectivity index (χ1n) is 23.8. The minimum absolute atomic E-state index is 0.0112. The minimum atomic E-state index is -0.907. The van der Waals surface area contributed by atoms with E-state index in [9.17, 15) is 28.8 Å². The van der Waals surface area contributed by atoms with Crippen molar-refractivity contribution in [1.82, 2.24) is 25.3 Å². The van der Waals surface area contributed by atoms with Crippen LogP contribution in [0.2, 0.25) is 0 Å². The molecule has 16 heteroatoms. The zero-order valence-corrected chi connectivity index (χ0v) is 42.8. The Morgan fingerprint density at radius 3 is 2.08 bits per heavy atom. The number of ketones is 1. The summed E-state index contributed by atoms with van der Waals surface area (Å²) in [4.78, 5) is 87.1. The van der Waals surface area contributed by atoms with Crippen molar-refractivity contribution in [3.63, 3.8) is 0 Å². The van der Waals surface area contributed by atoms with Crippen molar-refractivity contribution in [2.45, 2.75) is 150 Å². The Hall–Kier alpha value is -4.12. The highest BCUT2D eigenvalue weighted by molar-refractivity contribution is 5.90. The van der Waals surface area contributed by atoms with E-state index in [0.717, 1.165) is 5.56 Å². The van der Waals surface area contributed by atoms with Gasteiger partial charge in [0, 0.05) is 59.7 Å². The first-order chi connectivity index (χ1) is 31.0. The molecule has 0 bridgehead atoms. The van der Waals surface area contributed by atoms with Crippen LogP contribution in [0.4, 0.5) is 4.79 Å². The molecule has 1 fully saturated rings. The molecular weight excluding hydrogens is 847 g/mol. The smallest absolute Gasteiger partial charge is 0.407 e. The average Bonchev–Trinajstić information content (AvgIpc) is 3.75. The van der Waals surface area contributed by atoms with Crippen LogP contribution in [0, 0.1) is 29.6 Å². The highest BCUT2D eigenvalue weighted by Gasteiger charge is 2.43. The molecule has 2 rings (SSSR count). The predicted octanol–water partition coefficient (Wildman–Crippen LogP) is 5.54. The Bertz CT molecular complexity index is 1670. The van der Waals surface area contributed by atoms with Crippen molar-refractivity contribution >= 4 is 35.6 Å². The van der Waals surface area contributed by atoms with Crippen LogP contribution in [0.1, 0.15) is 107 Å². The molecule has 376 valence electrons. The van der Waals surface area contributed by atoms with Gasteiger partial charge in [-0.15, -0.1) is 0 Å². The van der Waals surface area contributed by atoms with Crippen molar-refractivity contribution in [2.75, 3.05) is 68.3 Å². The Kier molecular flexibility index (Phi) is 24.8. The number of benzene rings is 1. The first-order valence-corrected chi connectivity index (χ1v) is 23.8. The number of ether oxygens (including phenoxy) is 5. The largest absolute Gasteiger partial charge is 0.467 e. The molecule has 0 aliphatic carbocycles. The highest BCUT2D eigenvalue weighted by Crippen LogP contribution is 2.31. The maximum atomic E-state index is 14.6. The number of hydrogen-bond donors (Lipinski definition) is 2.